The average molecular weight is 513 g/mol. The molecule has 1 aromatic heterocycles. The van der Waals surface area contributed by atoms with Crippen molar-refractivity contribution in [2.45, 2.75) is 38.6 Å². The molecule has 3 N–H and O–H groups in total. The van der Waals surface area contributed by atoms with Gasteiger partial charge in [-0.25, -0.2) is 4.79 Å². The molecule has 2 aromatic carbocycles. The van der Waals surface area contributed by atoms with Crippen molar-refractivity contribution in [2.24, 2.45) is 11.3 Å². The lowest BCUT2D eigenvalue weighted by molar-refractivity contribution is 0.0114. The fourth-order valence-electron chi connectivity index (χ4n) is 4.81. The summed E-state index contributed by atoms with van der Waals surface area (Å²) in [4.78, 5) is 18.5. The first-order valence-corrected chi connectivity index (χ1v) is 13.0. The number of aromatic nitrogens is 1. The summed E-state index contributed by atoms with van der Waals surface area (Å²) in [7, 11) is 0. The van der Waals surface area contributed by atoms with Gasteiger partial charge >= 0.3 is 6.09 Å². The number of carbonyl (C=O) groups is 1. The number of aromatic amines is 1. The molecule has 3 aromatic rings. The van der Waals surface area contributed by atoms with E-state index in [1.807, 2.05) is 49.4 Å². The van der Waals surface area contributed by atoms with Crippen molar-refractivity contribution < 1.29 is 24.5 Å². The summed E-state index contributed by atoms with van der Waals surface area (Å²) in [5.74, 6) is 1.13. The van der Waals surface area contributed by atoms with Crippen molar-refractivity contribution in [3.8, 4) is 5.75 Å². The summed E-state index contributed by atoms with van der Waals surface area (Å²) in [5.41, 5.74) is 3.40. The van der Waals surface area contributed by atoms with Crippen LogP contribution in [0.5, 0.6) is 5.75 Å². The SMILES string of the molecule is CCC(CO)(CO)COc1ccc(C2c3[nH]c4ccc(Cl)cc4c3CCN2C(=O)OCC2CC2)cc1. The van der Waals surface area contributed by atoms with Gasteiger partial charge in [0.2, 0.25) is 0 Å². The third-order valence-electron chi connectivity index (χ3n) is 7.62. The van der Waals surface area contributed by atoms with E-state index in [9.17, 15) is 15.0 Å². The van der Waals surface area contributed by atoms with Crippen LogP contribution in [0.25, 0.3) is 10.9 Å². The molecule has 0 bridgehead atoms. The number of nitrogens with zero attached hydrogens (tertiary/aromatic N) is 1. The van der Waals surface area contributed by atoms with Crippen molar-refractivity contribution in [3.63, 3.8) is 0 Å². The smallest absolute Gasteiger partial charge is 0.410 e. The van der Waals surface area contributed by atoms with E-state index in [1.54, 1.807) is 4.90 Å². The fraction of sp³-hybridized carbons (Fsp3) is 0.464. The predicted octanol–water partition coefficient (Wildman–Crippen LogP) is 5.08. The molecule has 1 aliphatic carbocycles. The number of halogens is 1. The van der Waals surface area contributed by atoms with Crippen LogP contribution >= 0.6 is 11.6 Å². The van der Waals surface area contributed by atoms with Crippen molar-refractivity contribution in [3.05, 3.63) is 64.3 Å². The van der Waals surface area contributed by atoms with Gasteiger partial charge in [-0.05, 0) is 73.1 Å². The van der Waals surface area contributed by atoms with Gasteiger partial charge in [0.25, 0.3) is 0 Å². The predicted molar refractivity (Wildman–Crippen MR) is 138 cm³/mol. The number of fused-ring (bicyclic) bond motifs is 3. The third kappa shape index (κ3) is 4.92. The van der Waals surface area contributed by atoms with E-state index in [0.29, 0.717) is 42.7 Å². The molecular formula is C28H33ClN2O5. The van der Waals surface area contributed by atoms with Gasteiger partial charge < -0.3 is 24.7 Å². The Balaban J connectivity index is 1.44. The van der Waals surface area contributed by atoms with Gasteiger partial charge in [0.05, 0.1) is 31.8 Å². The number of hydrogen-bond donors (Lipinski definition) is 3. The molecule has 1 saturated carbocycles. The summed E-state index contributed by atoms with van der Waals surface area (Å²) in [6, 6.07) is 13.1. The van der Waals surface area contributed by atoms with Gasteiger partial charge in [-0.3, -0.25) is 4.90 Å². The molecule has 8 heteroatoms. The second-order valence-electron chi connectivity index (χ2n) is 10.1. The van der Waals surface area contributed by atoms with Crippen molar-refractivity contribution >= 4 is 28.6 Å². The number of H-pyrrole nitrogens is 1. The maximum absolute atomic E-state index is 13.2. The highest BCUT2D eigenvalue weighted by Crippen LogP contribution is 2.40. The highest BCUT2D eigenvalue weighted by Gasteiger charge is 2.36. The van der Waals surface area contributed by atoms with Gasteiger partial charge in [0.1, 0.15) is 11.8 Å². The monoisotopic (exact) mass is 512 g/mol. The number of nitrogens with one attached hydrogen (secondary N) is 1. The molecule has 0 radical (unpaired) electrons. The summed E-state index contributed by atoms with van der Waals surface area (Å²) >= 11 is 6.29. The number of hydrogen-bond acceptors (Lipinski definition) is 5. The molecule has 7 nitrogen and oxygen atoms in total. The number of aliphatic hydroxyl groups excluding tert-OH is 2. The fourth-order valence-corrected chi connectivity index (χ4v) is 4.98. The summed E-state index contributed by atoms with van der Waals surface area (Å²) < 4.78 is 11.6. The van der Waals surface area contributed by atoms with Crippen LogP contribution in [0, 0.1) is 11.3 Å². The van der Waals surface area contributed by atoms with Gasteiger partial charge in [-0.1, -0.05) is 30.7 Å². The molecule has 0 saturated heterocycles. The van der Waals surface area contributed by atoms with Crippen LogP contribution in [-0.2, 0) is 11.2 Å². The van der Waals surface area contributed by atoms with Crippen molar-refractivity contribution in [1.82, 2.24) is 9.88 Å². The summed E-state index contributed by atoms with van der Waals surface area (Å²) in [6.45, 7) is 2.86. The first-order chi connectivity index (χ1) is 17.5. The number of benzene rings is 2. The van der Waals surface area contributed by atoms with E-state index in [0.717, 1.165) is 35.0 Å². The lowest BCUT2D eigenvalue weighted by Crippen LogP contribution is -2.41. The molecule has 2 heterocycles. The maximum atomic E-state index is 13.2. The second-order valence-corrected chi connectivity index (χ2v) is 10.5. The average Bonchev–Trinajstić information content (AvgIpc) is 3.67. The van der Waals surface area contributed by atoms with Crippen molar-refractivity contribution in [1.29, 1.82) is 0 Å². The molecule has 192 valence electrons. The molecule has 0 spiro atoms. The Labute approximate surface area is 216 Å². The zero-order valence-corrected chi connectivity index (χ0v) is 21.3. The van der Waals surface area contributed by atoms with Crippen molar-refractivity contribution in [2.75, 3.05) is 33.0 Å². The molecule has 2 aliphatic rings. The minimum atomic E-state index is -0.676. The zero-order valence-electron chi connectivity index (χ0n) is 20.5. The van der Waals surface area contributed by atoms with Gasteiger partial charge in [0, 0.05) is 28.2 Å². The number of ether oxygens (including phenoxy) is 2. The first kappa shape index (κ1) is 24.9. The third-order valence-corrected chi connectivity index (χ3v) is 7.86. The Bertz CT molecular complexity index is 1210. The minimum absolute atomic E-state index is 0.148. The van der Waals surface area contributed by atoms with Crippen LogP contribution in [0.2, 0.25) is 5.02 Å². The standard InChI is InChI=1S/C28H33ClN2O5/c1-2-28(15-32,16-33)17-36-21-8-5-19(6-9-21)26-25-22(23-13-20(29)7-10-24(23)30-25)11-12-31(26)27(34)35-14-18-3-4-18/h5-10,13,18,26,30,32-33H,2-4,11-12,14-17H2,1H3. The Morgan fingerprint density at radius 1 is 1.17 bits per heavy atom. The van der Waals surface area contributed by atoms with E-state index in [4.69, 9.17) is 21.1 Å². The van der Waals surface area contributed by atoms with Gasteiger partial charge in [-0.2, -0.15) is 0 Å². The van der Waals surface area contributed by atoms with Crippen LogP contribution in [-0.4, -0.2) is 59.2 Å². The van der Waals surface area contributed by atoms with Crippen LogP contribution < -0.4 is 4.74 Å². The number of carbonyl (C=O) groups excluding carboxylic acids is 1. The van der Waals surface area contributed by atoms with E-state index < -0.39 is 5.41 Å². The Morgan fingerprint density at radius 2 is 1.92 bits per heavy atom. The lowest BCUT2D eigenvalue weighted by Gasteiger charge is -2.35. The maximum Gasteiger partial charge on any atom is 0.410 e. The van der Waals surface area contributed by atoms with Crippen LogP contribution in [0.4, 0.5) is 4.79 Å². The number of amides is 1. The van der Waals surface area contributed by atoms with E-state index in [2.05, 4.69) is 4.98 Å². The Hall–Kier alpha value is -2.74. The molecule has 1 unspecified atom stereocenters. The zero-order chi connectivity index (χ0) is 25.3. The molecule has 1 aliphatic heterocycles. The Kier molecular flexibility index (Phi) is 7.15. The summed E-state index contributed by atoms with van der Waals surface area (Å²) in [6.07, 6.45) is 3.26. The highest BCUT2D eigenvalue weighted by atomic mass is 35.5. The highest BCUT2D eigenvalue weighted by molar-refractivity contribution is 6.31. The van der Waals surface area contributed by atoms with Crippen LogP contribution in [0.1, 0.15) is 49.0 Å². The minimum Gasteiger partial charge on any atom is -0.493 e. The van der Waals surface area contributed by atoms with E-state index in [1.165, 1.54) is 5.56 Å². The topological polar surface area (TPSA) is 95.0 Å². The quantitative estimate of drug-likeness (QED) is 0.372. The largest absolute Gasteiger partial charge is 0.493 e. The first-order valence-electron chi connectivity index (χ1n) is 12.6. The van der Waals surface area contributed by atoms with Crippen LogP contribution in [0.3, 0.4) is 0 Å². The molecule has 5 rings (SSSR count). The molecule has 1 fully saturated rings. The Morgan fingerprint density at radius 3 is 2.58 bits per heavy atom. The molecule has 36 heavy (non-hydrogen) atoms. The van der Waals surface area contributed by atoms with E-state index >= 15 is 0 Å². The normalized spacial score (nSPS) is 17.8. The molecule has 1 atom stereocenters. The molecule has 1 amide bonds. The summed E-state index contributed by atoms with van der Waals surface area (Å²) in [5, 5.41) is 21.2. The number of rotatable bonds is 9. The second kappa shape index (κ2) is 10.3. The van der Waals surface area contributed by atoms with Gasteiger partial charge in [0.15, 0.2) is 0 Å². The van der Waals surface area contributed by atoms with Gasteiger partial charge in [-0.15, -0.1) is 0 Å². The molecular weight excluding hydrogens is 480 g/mol. The van der Waals surface area contributed by atoms with E-state index in [-0.39, 0.29) is 32.0 Å². The number of aliphatic hydroxyl groups is 2. The lowest BCUT2D eigenvalue weighted by atomic mass is 9.88. The van der Waals surface area contributed by atoms with Crippen LogP contribution in [0.15, 0.2) is 42.5 Å².